The second-order valence-corrected chi connectivity index (χ2v) is 6.61. The number of aryl methyl sites for hydroxylation is 1. The molecule has 1 amide bonds. The van der Waals surface area contributed by atoms with E-state index in [1.165, 1.54) is 0 Å². The lowest BCUT2D eigenvalue weighted by molar-refractivity contribution is 0.0997. The first-order valence-electron chi connectivity index (χ1n) is 7.17. The van der Waals surface area contributed by atoms with Crippen molar-refractivity contribution < 1.29 is 9.21 Å². The molecular formula is C18H14BrClN2O2. The topological polar surface area (TPSA) is 68.3 Å². The van der Waals surface area contributed by atoms with Crippen LogP contribution in [0, 0.1) is 6.92 Å². The fourth-order valence-corrected chi connectivity index (χ4v) is 3.14. The number of nitrogens with one attached hydrogen (secondary N) is 1. The summed E-state index contributed by atoms with van der Waals surface area (Å²) in [5.74, 6) is 0.497. The summed E-state index contributed by atoms with van der Waals surface area (Å²) in [7, 11) is 0. The van der Waals surface area contributed by atoms with Gasteiger partial charge in [-0.2, -0.15) is 0 Å². The molecule has 2 aromatic carbocycles. The zero-order chi connectivity index (χ0) is 17.3. The van der Waals surface area contributed by atoms with Gasteiger partial charge in [0.2, 0.25) is 0 Å². The fourth-order valence-electron chi connectivity index (χ4n) is 2.33. The molecule has 0 fully saturated rings. The summed E-state index contributed by atoms with van der Waals surface area (Å²) in [4.78, 5) is 12.4. The number of nitrogen functional groups attached to an aromatic ring is 1. The highest BCUT2D eigenvalue weighted by Crippen LogP contribution is 2.30. The molecule has 0 aliphatic heterocycles. The van der Waals surface area contributed by atoms with Crippen molar-refractivity contribution in [2.45, 2.75) is 6.92 Å². The number of benzene rings is 2. The van der Waals surface area contributed by atoms with E-state index in [0.29, 0.717) is 22.2 Å². The Balaban J connectivity index is 1.83. The number of carbonyl (C=O) groups is 1. The second kappa shape index (κ2) is 6.71. The fraction of sp³-hybridized carbons (Fsp3) is 0.0556. The van der Waals surface area contributed by atoms with Crippen molar-refractivity contribution in [3.05, 3.63) is 69.3 Å². The molecule has 0 radical (unpaired) electrons. The average Bonchev–Trinajstić information content (AvgIpc) is 3.01. The third-order valence-corrected chi connectivity index (χ3v) is 4.38. The molecule has 24 heavy (non-hydrogen) atoms. The van der Waals surface area contributed by atoms with Crippen LogP contribution in [-0.2, 0) is 0 Å². The van der Waals surface area contributed by atoms with Gasteiger partial charge in [0.25, 0.3) is 5.91 Å². The third-order valence-electron chi connectivity index (χ3n) is 3.51. The summed E-state index contributed by atoms with van der Waals surface area (Å²) >= 11 is 9.29. The molecule has 0 aliphatic carbocycles. The van der Waals surface area contributed by atoms with Crippen molar-refractivity contribution in [1.82, 2.24) is 0 Å². The highest BCUT2D eigenvalue weighted by Gasteiger charge is 2.15. The van der Waals surface area contributed by atoms with Gasteiger partial charge in [0.05, 0.1) is 5.69 Å². The number of carbonyl (C=O) groups excluding carboxylic acids is 1. The average molecular weight is 406 g/mol. The zero-order valence-electron chi connectivity index (χ0n) is 12.8. The number of hydrogen-bond donors (Lipinski definition) is 2. The monoisotopic (exact) mass is 404 g/mol. The standard InChI is InChI=1S/C18H14BrClN2O2/c1-10-8-13(21)9-14(19)17(10)22-18(23)16-7-6-15(24-16)11-2-4-12(20)5-3-11/h2-9H,21H2,1H3,(H,22,23). The largest absolute Gasteiger partial charge is 0.451 e. The lowest BCUT2D eigenvalue weighted by Crippen LogP contribution is -2.12. The van der Waals surface area contributed by atoms with E-state index in [2.05, 4.69) is 21.2 Å². The first kappa shape index (κ1) is 16.6. The lowest BCUT2D eigenvalue weighted by atomic mass is 10.1. The van der Waals surface area contributed by atoms with Gasteiger partial charge in [-0.15, -0.1) is 0 Å². The van der Waals surface area contributed by atoms with E-state index >= 15 is 0 Å². The number of nitrogens with two attached hydrogens (primary N) is 1. The van der Waals surface area contributed by atoms with Crippen LogP contribution in [0.1, 0.15) is 16.1 Å². The number of halogens is 2. The number of rotatable bonds is 3. The Morgan fingerprint density at radius 1 is 1.17 bits per heavy atom. The Bertz CT molecular complexity index is 881. The zero-order valence-corrected chi connectivity index (χ0v) is 15.1. The van der Waals surface area contributed by atoms with Crippen LogP contribution in [0.25, 0.3) is 11.3 Å². The van der Waals surface area contributed by atoms with E-state index in [4.69, 9.17) is 21.8 Å². The van der Waals surface area contributed by atoms with Crippen LogP contribution in [0.3, 0.4) is 0 Å². The van der Waals surface area contributed by atoms with E-state index in [1.54, 1.807) is 36.4 Å². The van der Waals surface area contributed by atoms with Crippen molar-refractivity contribution in [3.63, 3.8) is 0 Å². The molecule has 1 aromatic heterocycles. The molecule has 0 saturated carbocycles. The highest BCUT2D eigenvalue weighted by molar-refractivity contribution is 9.10. The Morgan fingerprint density at radius 2 is 1.88 bits per heavy atom. The minimum Gasteiger partial charge on any atom is -0.451 e. The Hall–Kier alpha value is -2.24. The maximum absolute atomic E-state index is 12.4. The molecule has 3 N–H and O–H groups in total. The molecule has 122 valence electrons. The number of hydrogen-bond acceptors (Lipinski definition) is 3. The number of furan rings is 1. The first-order chi connectivity index (χ1) is 11.4. The van der Waals surface area contributed by atoms with Crippen LogP contribution < -0.4 is 11.1 Å². The second-order valence-electron chi connectivity index (χ2n) is 5.32. The number of amides is 1. The summed E-state index contributed by atoms with van der Waals surface area (Å²) in [6, 6.07) is 14.1. The van der Waals surface area contributed by atoms with Crippen LogP contribution in [0.15, 0.2) is 57.4 Å². The minimum absolute atomic E-state index is 0.225. The molecular weight excluding hydrogens is 392 g/mol. The van der Waals surface area contributed by atoms with Crippen molar-refractivity contribution >= 4 is 44.8 Å². The summed E-state index contributed by atoms with van der Waals surface area (Å²) in [5.41, 5.74) is 8.78. The molecule has 0 saturated heterocycles. The van der Waals surface area contributed by atoms with E-state index in [0.717, 1.165) is 15.6 Å². The Kier molecular flexibility index (Phi) is 4.64. The van der Waals surface area contributed by atoms with E-state index in [9.17, 15) is 4.79 Å². The van der Waals surface area contributed by atoms with Crippen LogP contribution >= 0.6 is 27.5 Å². The maximum Gasteiger partial charge on any atom is 0.291 e. The smallest absolute Gasteiger partial charge is 0.291 e. The molecule has 0 spiro atoms. The third kappa shape index (κ3) is 3.47. The molecule has 0 unspecified atom stereocenters. The minimum atomic E-state index is -0.330. The Morgan fingerprint density at radius 3 is 2.54 bits per heavy atom. The SMILES string of the molecule is Cc1cc(N)cc(Br)c1NC(=O)c1ccc(-c2ccc(Cl)cc2)o1. The molecule has 3 rings (SSSR count). The molecule has 6 heteroatoms. The molecule has 1 heterocycles. The highest BCUT2D eigenvalue weighted by atomic mass is 79.9. The van der Waals surface area contributed by atoms with Gasteiger partial charge >= 0.3 is 0 Å². The van der Waals surface area contributed by atoms with Gasteiger partial charge in [-0.1, -0.05) is 11.6 Å². The van der Waals surface area contributed by atoms with Gasteiger partial charge in [0.1, 0.15) is 5.76 Å². The summed E-state index contributed by atoms with van der Waals surface area (Å²) in [6.07, 6.45) is 0. The molecule has 4 nitrogen and oxygen atoms in total. The van der Waals surface area contributed by atoms with Gasteiger partial charge in [-0.05, 0) is 76.9 Å². The summed E-state index contributed by atoms with van der Waals surface area (Å²) < 4.78 is 6.37. The Labute approximate surface area is 152 Å². The predicted octanol–water partition coefficient (Wildman–Crippen LogP) is 5.51. The van der Waals surface area contributed by atoms with E-state index in [-0.39, 0.29) is 11.7 Å². The van der Waals surface area contributed by atoms with E-state index in [1.807, 2.05) is 19.1 Å². The van der Waals surface area contributed by atoms with Crippen molar-refractivity contribution in [1.29, 1.82) is 0 Å². The van der Waals surface area contributed by atoms with Crippen LogP contribution in [0.5, 0.6) is 0 Å². The quantitative estimate of drug-likeness (QED) is 0.565. The van der Waals surface area contributed by atoms with Crippen LogP contribution in [-0.4, -0.2) is 5.91 Å². The molecule has 0 bridgehead atoms. The van der Waals surface area contributed by atoms with E-state index < -0.39 is 0 Å². The number of anilines is 2. The van der Waals surface area contributed by atoms with Gasteiger partial charge in [-0.3, -0.25) is 4.79 Å². The maximum atomic E-state index is 12.4. The normalized spacial score (nSPS) is 10.6. The van der Waals surface area contributed by atoms with Crippen LogP contribution in [0.4, 0.5) is 11.4 Å². The van der Waals surface area contributed by atoms with Crippen molar-refractivity contribution in [3.8, 4) is 11.3 Å². The van der Waals surface area contributed by atoms with Crippen LogP contribution in [0.2, 0.25) is 5.02 Å². The molecule has 0 aliphatic rings. The summed E-state index contributed by atoms with van der Waals surface area (Å²) in [5, 5.41) is 3.49. The van der Waals surface area contributed by atoms with Gasteiger partial charge in [0, 0.05) is 20.7 Å². The lowest BCUT2D eigenvalue weighted by Gasteiger charge is -2.10. The predicted molar refractivity (Wildman–Crippen MR) is 100 cm³/mol. The molecule has 3 aromatic rings. The summed E-state index contributed by atoms with van der Waals surface area (Å²) in [6.45, 7) is 1.87. The first-order valence-corrected chi connectivity index (χ1v) is 8.34. The molecule has 0 atom stereocenters. The van der Waals surface area contributed by atoms with Gasteiger partial charge in [-0.25, -0.2) is 0 Å². The van der Waals surface area contributed by atoms with Gasteiger partial charge in [0.15, 0.2) is 5.76 Å². The van der Waals surface area contributed by atoms with Crippen molar-refractivity contribution in [2.75, 3.05) is 11.1 Å². The van der Waals surface area contributed by atoms with Gasteiger partial charge < -0.3 is 15.5 Å². The van der Waals surface area contributed by atoms with Crippen molar-refractivity contribution in [2.24, 2.45) is 0 Å².